The maximum Gasteiger partial charge on any atom is 0.385 e. The second-order valence-electron chi connectivity index (χ2n) is 6.56. The molecule has 0 unspecified atom stereocenters. The van der Waals surface area contributed by atoms with Crippen LogP contribution in [0.2, 0.25) is 0 Å². The van der Waals surface area contributed by atoms with Crippen molar-refractivity contribution < 1.29 is 75.0 Å². The van der Waals surface area contributed by atoms with Crippen LogP contribution < -0.4 is 4.74 Å². The van der Waals surface area contributed by atoms with Gasteiger partial charge in [-0.05, 0) is 17.7 Å². The van der Waals surface area contributed by atoms with Crippen molar-refractivity contribution in [3.05, 3.63) is 36.4 Å². The fourth-order valence-electron chi connectivity index (χ4n) is 2.13. The second-order valence-corrected chi connectivity index (χ2v) is 6.56. The quantitative estimate of drug-likeness (QED) is 0.269. The Morgan fingerprint density at radius 2 is 1.03 bits per heavy atom. The largest absolute Gasteiger partial charge is 0.487 e. The highest BCUT2D eigenvalue weighted by atomic mass is 19.4. The van der Waals surface area contributed by atoms with Gasteiger partial charge in [0.15, 0.2) is 6.61 Å². The topological polar surface area (TPSA) is 9.23 Å². The van der Waals surface area contributed by atoms with Gasteiger partial charge in [0.05, 0.1) is 0 Å². The third-order valence-corrected chi connectivity index (χ3v) is 4.27. The molecule has 1 rings (SSSR count). The molecule has 0 saturated carbocycles. The van der Waals surface area contributed by atoms with Crippen molar-refractivity contribution in [2.45, 2.75) is 47.9 Å². The standard InChI is InChI=1S/C17H10F16O/c1-2-8-3-5-9(6-4-8)34-7-11(20,21)13(24,25)15(28,29)17(32,33)16(30,31)14(26,27)12(22,23)10(18)19/h2-6,10H,1,7H2. The summed E-state index contributed by atoms with van der Waals surface area (Å²) in [6, 6.07) is 3.62. The first-order valence-electron chi connectivity index (χ1n) is 8.24. The van der Waals surface area contributed by atoms with Gasteiger partial charge in [0.25, 0.3) is 0 Å². The highest BCUT2D eigenvalue weighted by molar-refractivity contribution is 5.48. The van der Waals surface area contributed by atoms with Gasteiger partial charge in [0, 0.05) is 0 Å². The molecule has 0 amide bonds. The predicted octanol–water partition coefficient (Wildman–Crippen LogP) is 7.42. The van der Waals surface area contributed by atoms with Crippen LogP contribution in [0.15, 0.2) is 30.8 Å². The molecule has 1 aromatic rings. The van der Waals surface area contributed by atoms with E-state index in [-0.39, 0.29) is 0 Å². The summed E-state index contributed by atoms with van der Waals surface area (Å²) in [5, 5.41) is 0. The number of ether oxygens (including phenoxy) is 1. The van der Waals surface area contributed by atoms with Crippen LogP contribution in [0.3, 0.4) is 0 Å². The highest BCUT2D eigenvalue weighted by Crippen LogP contribution is 2.62. The molecule has 0 saturated heterocycles. The normalized spacial score (nSPS) is 15.0. The number of halogens is 16. The molecule has 17 heteroatoms. The zero-order valence-electron chi connectivity index (χ0n) is 15.8. The van der Waals surface area contributed by atoms with E-state index in [0.717, 1.165) is 24.3 Å². The van der Waals surface area contributed by atoms with Gasteiger partial charge in [-0.2, -0.15) is 61.5 Å². The molecule has 0 bridgehead atoms. The van der Waals surface area contributed by atoms with E-state index >= 15 is 0 Å². The van der Waals surface area contributed by atoms with Crippen LogP contribution in [0.4, 0.5) is 70.2 Å². The van der Waals surface area contributed by atoms with Gasteiger partial charge in [0.1, 0.15) is 5.75 Å². The van der Waals surface area contributed by atoms with Gasteiger partial charge in [-0.15, -0.1) is 0 Å². The van der Waals surface area contributed by atoms with Crippen molar-refractivity contribution >= 4 is 6.08 Å². The Bertz CT molecular complexity index is 859. The Hall–Kier alpha value is -2.36. The van der Waals surface area contributed by atoms with E-state index in [1.165, 1.54) is 6.08 Å². The third-order valence-electron chi connectivity index (χ3n) is 4.27. The Labute approximate surface area is 179 Å². The van der Waals surface area contributed by atoms with Gasteiger partial charge in [-0.1, -0.05) is 24.8 Å². The molecule has 0 aromatic heterocycles. The Kier molecular flexibility index (Phi) is 7.59. The molecule has 0 atom stereocenters. The predicted molar refractivity (Wildman–Crippen MR) is 82.7 cm³/mol. The van der Waals surface area contributed by atoms with E-state index in [0.29, 0.717) is 5.56 Å². The number of alkyl halides is 16. The summed E-state index contributed by atoms with van der Waals surface area (Å²) in [7, 11) is 0. The van der Waals surface area contributed by atoms with E-state index in [4.69, 9.17) is 0 Å². The fourth-order valence-corrected chi connectivity index (χ4v) is 2.13. The number of benzene rings is 1. The molecule has 1 aromatic carbocycles. The van der Waals surface area contributed by atoms with Crippen molar-refractivity contribution in [3.8, 4) is 5.75 Å². The molecule has 34 heavy (non-hydrogen) atoms. The lowest BCUT2D eigenvalue weighted by Crippen LogP contribution is -2.74. The molecule has 0 aliphatic heterocycles. The molecule has 0 spiro atoms. The summed E-state index contributed by atoms with van der Waals surface area (Å²) < 4.78 is 215. The van der Waals surface area contributed by atoms with Gasteiger partial charge >= 0.3 is 47.9 Å². The minimum Gasteiger partial charge on any atom is -0.487 e. The minimum atomic E-state index is -8.42. The lowest BCUT2D eigenvalue weighted by molar-refractivity contribution is -0.447. The number of hydrogen-bond donors (Lipinski definition) is 0. The molecule has 0 N–H and O–H groups in total. The monoisotopic (exact) mass is 534 g/mol. The fraction of sp³-hybridized carbons (Fsp3) is 0.529. The molecular weight excluding hydrogens is 524 g/mol. The SMILES string of the molecule is C=Cc1ccc(OCC(F)(F)C(F)(F)C(F)(F)C(F)(F)C(F)(F)C(F)(F)C(F)(F)C(F)F)cc1. The van der Waals surface area contributed by atoms with Crippen LogP contribution in [0.1, 0.15) is 5.56 Å². The maximum absolute atomic E-state index is 13.7. The van der Waals surface area contributed by atoms with E-state index in [2.05, 4.69) is 11.3 Å². The molecule has 0 fully saturated rings. The lowest BCUT2D eigenvalue weighted by Gasteiger charge is -2.42. The molecular formula is C17H10F16O. The Morgan fingerprint density at radius 3 is 1.41 bits per heavy atom. The molecule has 0 radical (unpaired) electrons. The summed E-state index contributed by atoms with van der Waals surface area (Å²) in [5.74, 6) is -55.5. The Morgan fingerprint density at radius 1 is 0.647 bits per heavy atom. The summed E-state index contributed by atoms with van der Waals surface area (Å²) in [6.45, 7) is 0.350. The van der Waals surface area contributed by atoms with Crippen LogP contribution >= 0.6 is 0 Å². The lowest BCUT2D eigenvalue weighted by atomic mass is 9.89. The molecule has 0 aliphatic carbocycles. The first-order chi connectivity index (χ1) is 15.0. The van der Waals surface area contributed by atoms with E-state index in [1.807, 2.05) is 0 Å². The van der Waals surface area contributed by atoms with E-state index < -0.39 is 60.2 Å². The van der Waals surface area contributed by atoms with Crippen LogP contribution in [0.5, 0.6) is 5.75 Å². The van der Waals surface area contributed by atoms with Crippen molar-refractivity contribution in [1.82, 2.24) is 0 Å². The highest BCUT2D eigenvalue weighted by Gasteiger charge is 2.93. The van der Waals surface area contributed by atoms with Crippen LogP contribution in [-0.2, 0) is 0 Å². The maximum atomic E-state index is 13.7. The summed E-state index contributed by atoms with van der Waals surface area (Å²) in [6.07, 6.45) is -4.69. The van der Waals surface area contributed by atoms with Gasteiger partial charge < -0.3 is 4.74 Å². The second kappa shape index (κ2) is 8.70. The summed E-state index contributed by atoms with van der Waals surface area (Å²) in [5.41, 5.74) is 0.291. The average molecular weight is 534 g/mol. The molecule has 0 heterocycles. The summed E-state index contributed by atoms with van der Waals surface area (Å²) in [4.78, 5) is 0. The van der Waals surface area contributed by atoms with Gasteiger partial charge in [-0.3, -0.25) is 0 Å². The van der Waals surface area contributed by atoms with Crippen molar-refractivity contribution in [2.75, 3.05) is 6.61 Å². The average Bonchev–Trinajstić information content (AvgIpc) is 2.71. The summed E-state index contributed by atoms with van der Waals surface area (Å²) >= 11 is 0. The van der Waals surface area contributed by atoms with E-state index in [9.17, 15) is 70.2 Å². The number of rotatable bonds is 11. The zero-order chi connectivity index (χ0) is 27.2. The van der Waals surface area contributed by atoms with Crippen LogP contribution in [-0.4, -0.2) is 54.5 Å². The first-order valence-corrected chi connectivity index (χ1v) is 8.24. The molecule has 0 aliphatic rings. The van der Waals surface area contributed by atoms with Crippen molar-refractivity contribution in [1.29, 1.82) is 0 Å². The van der Waals surface area contributed by atoms with Crippen LogP contribution in [0, 0.1) is 0 Å². The zero-order valence-corrected chi connectivity index (χ0v) is 15.8. The van der Waals surface area contributed by atoms with Gasteiger partial charge in [0.2, 0.25) is 0 Å². The molecule has 196 valence electrons. The third kappa shape index (κ3) is 4.25. The van der Waals surface area contributed by atoms with Crippen molar-refractivity contribution in [3.63, 3.8) is 0 Å². The van der Waals surface area contributed by atoms with Crippen LogP contribution in [0.25, 0.3) is 6.08 Å². The Balaban J connectivity index is 3.39. The van der Waals surface area contributed by atoms with Gasteiger partial charge in [-0.25, -0.2) is 8.78 Å². The smallest absolute Gasteiger partial charge is 0.385 e. The first kappa shape index (κ1) is 29.7. The number of hydrogen-bond acceptors (Lipinski definition) is 1. The molecule has 1 nitrogen and oxygen atoms in total. The van der Waals surface area contributed by atoms with E-state index in [1.54, 1.807) is 0 Å². The minimum absolute atomic E-state index is 0.291. The van der Waals surface area contributed by atoms with Crippen molar-refractivity contribution in [2.24, 2.45) is 0 Å².